The minimum Gasteiger partial charge on any atom is -0.481 e. The molecule has 0 aliphatic heterocycles. The molecule has 0 bridgehead atoms. The number of aromatic nitrogens is 4. The highest BCUT2D eigenvalue weighted by atomic mass is 35.5. The average Bonchev–Trinajstić information content (AvgIpc) is 3.18. The Balaban J connectivity index is 1.64. The molecule has 0 fully saturated rings. The lowest BCUT2D eigenvalue weighted by molar-refractivity contribution is -0.139. The van der Waals surface area contributed by atoms with Gasteiger partial charge in [0.1, 0.15) is 19.2 Å². The molecule has 0 aliphatic carbocycles. The Morgan fingerprint density at radius 2 is 1.82 bits per heavy atom. The topological polar surface area (TPSA) is 136 Å². The van der Waals surface area contributed by atoms with Crippen molar-refractivity contribution < 1.29 is 24.2 Å². The first-order valence-corrected chi connectivity index (χ1v) is 11.0. The van der Waals surface area contributed by atoms with Crippen LogP contribution in [0.3, 0.4) is 0 Å². The van der Waals surface area contributed by atoms with Gasteiger partial charge >= 0.3 is 12.1 Å². The number of alkyl carbamates (subject to hydrolysis) is 1. The fourth-order valence-corrected chi connectivity index (χ4v) is 4.17. The molecule has 13 heteroatoms. The van der Waals surface area contributed by atoms with Gasteiger partial charge in [-0.25, -0.2) is 9.48 Å². The molecule has 172 valence electrons. The monoisotopic (exact) mass is 509 g/mol. The van der Waals surface area contributed by atoms with Gasteiger partial charge in [-0.15, -0.1) is 5.10 Å². The second kappa shape index (κ2) is 11.6. The van der Waals surface area contributed by atoms with E-state index in [2.05, 4.69) is 20.8 Å². The largest absolute Gasteiger partial charge is 0.481 e. The standard InChI is InChI=1S/C20H17Cl2N5O5S/c21-13-6-14(22)8-15(7-13)33-19-24-25-26-27(19)10-17(28)16(9-18(29)30)23-20(31)32-11-12-4-2-1-3-5-12/h1-8,16H,9-11H2,(H,23,31)(H,29,30). The van der Waals surface area contributed by atoms with Crippen molar-refractivity contribution in [1.29, 1.82) is 0 Å². The fourth-order valence-electron chi connectivity index (χ4n) is 2.65. The summed E-state index contributed by atoms with van der Waals surface area (Å²) in [5.41, 5.74) is 0.741. The molecule has 1 unspecified atom stereocenters. The highest BCUT2D eigenvalue weighted by Crippen LogP contribution is 2.30. The summed E-state index contributed by atoms with van der Waals surface area (Å²) < 4.78 is 6.27. The van der Waals surface area contributed by atoms with Crippen molar-refractivity contribution in [3.05, 3.63) is 64.1 Å². The molecule has 1 aromatic heterocycles. The maximum Gasteiger partial charge on any atom is 0.408 e. The number of benzene rings is 2. The fraction of sp³-hybridized carbons (Fsp3) is 0.200. The minimum absolute atomic E-state index is 0.0311. The highest BCUT2D eigenvalue weighted by Gasteiger charge is 2.26. The van der Waals surface area contributed by atoms with Crippen molar-refractivity contribution in [2.45, 2.75) is 35.7 Å². The second-order valence-corrected chi connectivity index (χ2v) is 8.56. The van der Waals surface area contributed by atoms with E-state index >= 15 is 0 Å². The molecule has 0 spiro atoms. The molecule has 1 heterocycles. The van der Waals surface area contributed by atoms with Crippen LogP contribution in [0.2, 0.25) is 10.0 Å². The lowest BCUT2D eigenvalue weighted by Crippen LogP contribution is -2.44. The van der Waals surface area contributed by atoms with Gasteiger partial charge in [0, 0.05) is 14.9 Å². The lowest BCUT2D eigenvalue weighted by atomic mass is 10.1. The summed E-state index contributed by atoms with van der Waals surface area (Å²) in [5, 5.41) is 23.7. The Morgan fingerprint density at radius 1 is 1.12 bits per heavy atom. The van der Waals surface area contributed by atoms with Gasteiger partial charge < -0.3 is 15.2 Å². The zero-order chi connectivity index (χ0) is 23.8. The number of nitrogens with one attached hydrogen (secondary N) is 1. The van der Waals surface area contributed by atoms with Crippen LogP contribution in [-0.2, 0) is 27.5 Å². The summed E-state index contributed by atoms with van der Waals surface area (Å²) in [4.78, 5) is 36.8. The van der Waals surface area contributed by atoms with Gasteiger partial charge in [-0.05, 0) is 46.0 Å². The lowest BCUT2D eigenvalue weighted by Gasteiger charge is -2.16. The van der Waals surface area contributed by atoms with Crippen LogP contribution in [0.4, 0.5) is 4.79 Å². The SMILES string of the molecule is O=C(O)CC(NC(=O)OCc1ccccc1)C(=O)Cn1nnnc1Sc1cc(Cl)cc(Cl)c1. The molecule has 2 N–H and O–H groups in total. The van der Waals surface area contributed by atoms with E-state index in [0.717, 1.165) is 17.3 Å². The summed E-state index contributed by atoms with van der Waals surface area (Å²) in [6, 6.07) is 12.4. The Labute approximate surface area is 202 Å². The first kappa shape index (κ1) is 24.5. The molecule has 1 amide bonds. The van der Waals surface area contributed by atoms with Gasteiger partial charge in [0.2, 0.25) is 5.16 Å². The van der Waals surface area contributed by atoms with Crippen LogP contribution in [0.25, 0.3) is 0 Å². The predicted molar refractivity (Wildman–Crippen MR) is 119 cm³/mol. The number of ether oxygens (including phenoxy) is 1. The zero-order valence-corrected chi connectivity index (χ0v) is 19.2. The number of halogens is 2. The molecule has 2 aromatic carbocycles. The molecule has 0 saturated heterocycles. The van der Waals surface area contributed by atoms with Gasteiger partial charge in [0.15, 0.2) is 5.78 Å². The van der Waals surface area contributed by atoms with Crippen LogP contribution in [0, 0.1) is 0 Å². The second-order valence-electron chi connectivity index (χ2n) is 6.65. The van der Waals surface area contributed by atoms with Crippen molar-refractivity contribution in [3.8, 4) is 0 Å². The number of carbonyl (C=O) groups is 3. The quantitative estimate of drug-likeness (QED) is 0.420. The van der Waals surface area contributed by atoms with Crippen LogP contribution in [0.1, 0.15) is 12.0 Å². The number of rotatable bonds is 10. The van der Waals surface area contributed by atoms with E-state index in [1.807, 2.05) is 6.07 Å². The summed E-state index contributed by atoms with van der Waals surface area (Å²) >= 11 is 13.1. The highest BCUT2D eigenvalue weighted by molar-refractivity contribution is 7.99. The number of Topliss-reactive ketones (excluding diaryl/α,β-unsaturated/α-hetero) is 1. The summed E-state index contributed by atoms with van der Waals surface area (Å²) in [6.07, 6.45) is -1.55. The van der Waals surface area contributed by atoms with Gasteiger partial charge in [-0.1, -0.05) is 53.5 Å². The Morgan fingerprint density at radius 3 is 2.48 bits per heavy atom. The number of hydrogen-bond donors (Lipinski definition) is 2. The molecule has 0 radical (unpaired) electrons. The molecule has 0 aliphatic rings. The zero-order valence-electron chi connectivity index (χ0n) is 16.9. The number of tetrazole rings is 1. The molecule has 1 atom stereocenters. The Bertz CT molecular complexity index is 1120. The van der Waals surface area contributed by atoms with Crippen LogP contribution in [-0.4, -0.2) is 49.2 Å². The molecule has 3 rings (SSSR count). The third-order valence-corrected chi connectivity index (χ3v) is 5.50. The van der Waals surface area contributed by atoms with E-state index in [1.54, 1.807) is 42.5 Å². The molecular formula is C20H17Cl2N5O5S. The summed E-state index contributed by atoms with van der Waals surface area (Å²) in [7, 11) is 0. The Kier molecular flexibility index (Phi) is 8.64. The van der Waals surface area contributed by atoms with E-state index in [4.69, 9.17) is 33.0 Å². The molecule has 33 heavy (non-hydrogen) atoms. The number of nitrogens with zero attached hydrogens (tertiary/aromatic N) is 4. The van der Waals surface area contributed by atoms with Crippen molar-refractivity contribution in [2.24, 2.45) is 0 Å². The van der Waals surface area contributed by atoms with Crippen molar-refractivity contribution in [1.82, 2.24) is 25.5 Å². The molecule has 3 aromatic rings. The van der Waals surface area contributed by atoms with Gasteiger partial charge in [-0.3, -0.25) is 9.59 Å². The first-order valence-electron chi connectivity index (χ1n) is 9.42. The smallest absolute Gasteiger partial charge is 0.408 e. The van der Waals surface area contributed by atoms with Crippen molar-refractivity contribution >= 4 is 52.8 Å². The summed E-state index contributed by atoms with van der Waals surface area (Å²) in [6.45, 7) is -0.406. The molecular weight excluding hydrogens is 493 g/mol. The van der Waals surface area contributed by atoms with Crippen LogP contribution in [0.5, 0.6) is 0 Å². The Hall–Kier alpha value is -3.15. The maximum atomic E-state index is 12.8. The number of carbonyl (C=O) groups excluding carboxylic acids is 2. The van der Waals surface area contributed by atoms with E-state index in [0.29, 0.717) is 14.9 Å². The van der Waals surface area contributed by atoms with E-state index in [-0.39, 0.29) is 18.3 Å². The third-order valence-electron chi connectivity index (χ3n) is 4.12. The maximum absolute atomic E-state index is 12.8. The van der Waals surface area contributed by atoms with Crippen LogP contribution >= 0.6 is 35.0 Å². The van der Waals surface area contributed by atoms with Crippen LogP contribution < -0.4 is 5.32 Å². The normalized spacial score (nSPS) is 11.6. The first-order chi connectivity index (χ1) is 15.8. The number of aliphatic carboxylic acids is 1. The van der Waals surface area contributed by atoms with Crippen molar-refractivity contribution in [3.63, 3.8) is 0 Å². The number of carboxylic acid groups (broad SMARTS) is 1. The van der Waals surface area contributed by atoms with Crippen molar-refractivity contribution in [2.75, 3.05) is 0 Å². The van der Waals surface area contributed by atoms with Gasteiger partial charge in [0.05, 0.1) is 6.42 Å². The van der Waals surface area contributed by atoms with E-state index < -0.39 is 30.3 Å². The van der Waals surface area contributed by atoms with Gasteiger partial charge in [0.25, 0.3) is 0 Å². The van der Waals surface area contributed by atoms with Crippen LogP contribution in [0.15, 0.2) is 58.6 Å². The summed E-state index contributed by atoms with van der Waals surface area (Å²) in [5.74, 6) is -1.89. The minimum atomic E-state index is -1.34. The average molecular weight is 510 g/mol. The van der Waals surface area contributed by atoms with Gasteiger partial charge in [-0.2, -0.15) is 0 Å². The molecule has 10 nitrogen and oxygen atoms in total. The predicted octanol–water partition coefficient (Wildman–Crippen LogP) is 3.47. The van der Waals surface area contributed by atoms with E-state index in [9.17, 15) is 14.4 Å². The number of amides is 1. The van der Waals surface area contributed by atoms with E-state index in [1.165, 1.54) is 4.68 Å². The number of ketones is 1. The number of carboxylic acids is 1. The molecule has 0 saturated carbocycles. The number of hydrogen-bond acceptors (Lipinski definition) is 8. The third kappa shape index (κ3) is 7.74.